The Balaban J connectivity index is 0.000000171. The van der Waals surface area contributed by atoms with Gasteiger partial charge in [0.2, 0.25) is 0 Å². The highest BCUT2D eigenvalue weighted by atomic mass is 14.2. The first-order valence-corrected chi connectivity index (χ1v) is 20.1. The molecule has 0 N–H and O–H groups in total. The van der Waals surface area contributed by atoms with Crippen molar-refractivity contribution >= 4 is 55.2 Å². The molecule has 9 aromatic carbocycles. The number of hydrogen-bond donors (Lipinski definition) is 0. The van der Waals surface area contributed by atoms with Gasteiger partial charge in [-0.05, 0) is 152 Å². The van der Waals surface area contributed by atoms with E-state index < -0.39 is 0 Å². The minimum atomic E-state index is 1.01. The van der Waals surface area contributed by atoms with Crippen LogP contribution < -0.4 is 0 Å². The van der Waals surface area contributed by atoms with Gasteiger partial charge in [0.05, 0.1) is 0 Å². The van der Waals surface area contributed by atoms with Crippen LogP contribution in [0.5, 0.6) is 0 Å². The number of benzene rings is 9. The minimum absolute atomic E-state index is 1.01. The second kappa shape index (κ2) is 17.3. The Kier molecular flexibility index (Phi) is 11.7. The molecule has 0 saturated heterocycles. The van der Waals surface area contributed by atoms with Crippen LogP contribution in [-0.4, -0.2) is 0 Å². The van der Waals surface area contributed by atoms with Crippen LogP contribution in [0.15, 0.2) is 159 Å². The van der Waals surface area contributed by atoms with Gasteiger partial charge >= 0.3 is 0 Å². The lowest BCUT2D eigenvalue weighted by atomic mass is 9.83. The summed E-state index contributed by atoms with van der Waals surface area (Å²) in [6.07, 6.45) is 3.97. The molecule has 58 heavy (non-hydrogen) atoms. The van der Waals surface area contributed by atoms with Crippen LogP contribution >= 0.6 is 0 Å². The summed E-state index contributed by atoms with van der Waals surface area (Å²) in [6.45, 7) is 20.8. The van der Waals surface area contributed by atoms with Crippen LogP contribution in [0.4, 0.5) is 0 Å². The van der Waals surface area contributed by atoms with E-state index in [9.17, 15) is 0 Å². The van der Waals surface area contributed by atoms with Crippen molar-refractivity contribution in [2.75, 3.05) is 0 Å². The van der Waals surface area contributed by atoms with E-state index in [-0.39, 0.29) is 0 Å². The maximum Gasteiger partial charge on any atom is 0.0330 e. The van der Waals surface area contributed by atoms with Crippen molar-refractivity contribution in [3.05, 3.63) is 214 Å². The van der Waals surface area contributed by atoms with Gasteiger partial charge in [-0.25, -0.2) is 0 Å². The van der Waals surface area contributed by atoms with Gasteiger partial charge in [-0.15, -0.1) is 0 Å². The van der Waals surface area contributed by atoms with Crippen molar-refractivity contribution in [1.29, 1.82) is 0 Å². The fourth-order valence-corrected chi connectivity index (χ4v) is 7.96. The summed E-state index contributed by atoms with van der Waals surface area (Å²) in [5.41, 5.74) is 13.6. The highest BCUT2D eigenvalue weighted by Gasteiger charge is 2.19. The fraction of sp³-hybridized carbons (Fsp3) is 0.103. The topological polar surface area (TPSA) is 0 Å². The third-order valence-electron chi connectivity index (χ3n) is 10.5. The maximum atomic E-state index is 4.12. The van der Waals surface area contributed by atoms with Gasteiger partial charge < -0.3 is 0 Å². The second-order valence-corrected chi connectivity index (χ2v) is 14.6. The maximum absolute atomic E-state index is 4.12. The third kappa shape index (κ3) is 7.80. The molecule has 0 amide bonds. The molecule has 0 unspecified atom stereocenters. The largest absolute Gasteiger partial charge is 0.0984 e. The minimum Gasteiger partial charge on any atom is -0.0984 e. The molecule has 0 aliphatic carbocycles. The normalized spacial score (nSPS) is 10.4. The van der Waals surface area contributed by atoms with E-state index in [1.54, 1.807) is 0 Å². The van der Waals surface area contributed by atoms with Gasteiger partial charge in [-0.3, -0.25) is 0 Å². The van der Waals surface area contributed by atoms with Crippen LogP contribution in [-0.2, 0) is 0 Å². The molecule has 0 spiro atoms. The third-order valence-corrected chi connectivity index (χ3v) is 10.5. The van der Waals surface area contributed by atoms with E-state index >= 15 is 0 Å². The van der Waals surface area contributed by atoms with Crippen LogP contribution in [0.3, 0.4) is 0 Å². The fourth-order valence-electron chi connectivity index (χ4n) is 7.96. The number of hydrogen-bond acceptors (Lipinski definition) is 0. The Morgan fingerprint density at radius 3 is 1.10 bits per heavy atom. The average Bonchev–Trinajstić information content (AvgIpc) is 3.25. The number of aryl methyl sites for hydroxylation is 4. The molecular weight excluding hydrogens is 697 g/mol. The summed E-state index contributed by atoms with van der Waals surface area (Å²) in [5, 5.41) is 10.5. The molecule has 0 aliphatic rings. The molecule has 280 valence electrons. The van der Waals surface area contributed by atoms with E-state index in [0.29, 0.717) is 0 Å². The van der Waals surface area contributed by atoms with Crippen molar-refractivity contribution in [3.8, 4) is 34.8 Å². The zero-order valence-electron chi connectivity index (χ0n) is 34.4. The molecule has 0 nitrogen and oxygen atoms in total. The Morgan fingerprint density at radius 2 is 0.724 bits per heavy atom. The lowest BCUT2D eigenvalue weighted by Crippen LogP contribution is -1.95. The zero-order valence-corrected chi connectivity index (χ0v) is 34.4. The standard InChI is InChI=1S/C30H22.C26H20.C2H6/c1-23-13-19-29(27(21-23)17-15-25-9-5-3-6-10-25)30-20-14-24(2)22-28(30)18-16-26-11-7-4-8-12-26;1-5-17-18(6-2)22-12-16(4)14-24-20-10-8-7-9-19(20)23-13-15(3)11-21(17)25(23)26(22)24;1-2/h3-14,19-22H,1-2H3;5-14H,1-2H2,3-4H3;1-2H3. The number of rotatable bonds is 3. The van der Waals surface area contributed by atoms with Gasteiger partial charge in [-0.1, -0.05) is 172 Å². The lowest BCUT2D eigenvalue weighted by Gasteiger charge is -2.20. The van der Waals surface area contributed by atoms with Crippen molar-refractivity contribution in [1.82, 2.24) is 0 Å². The molecule has 0 atom stereocenters. The Hall–Kier alpha value is -7.12. The molecule has 0 aliphatic heterocycles. The summed E-state index contributed by atoms with van der Waals surface area (Å²) in [5.74, 6) is 13.4. The first kappa shape index (κ1) is 39.1. The quantitative estimate of drug-likeness (QED) is 0.0960. The second-order valence-electron chi connectivity index (χ2n) is 14.6. The zero-order chi connectivity index (χ0) is 40.8. The van der Waals surface area contributed by atoms with Crippen LogP contribution in [0, 0.1) is 51.4 Å². The van der Waals surface area contributed by atoms with Gasteiger partial charge in [0, 0.05) is 22.3 Å². The molecule has 0 radical (unpaired) electrons. The highest BCUT2D eigenvalue weighted by Crippen LogP contribution is 2.45. The molecule has 9 rings (SSSR count). The van der Waals surface area contributed by atoms with Crippen molar-refractivity contribution in [2.24, 2.45) is 0 Å². The van der Waals surface area contributed by atoms with Crippen LogP contribution in [0.1, 0.15) is 69.5 Å². The van der Waals surface area contributed by atoms with Gasteiger partial charge in [-0.2, -0.15) is 0 Å². The van der Waals surface area contributed by atoms with Gasteiger partial charge in [0.15, 0.2) is 0 Å². The Labute approximate surface area is 344 Å². The number of fused-ring (bicyclic) bond motifs is 3. The molecule has 0 heteroatoms. The highest BCUT2D eigenvalue weighted by molar-refractivity contribution is 6.36. The smallest absolute Gasteiger partial charge is 0.0330 e. The predicted octanol–water partition coefficient (Wildman–Crippen LogP) is 15.4. The SMILES string of the molecule is C=Cc1c(C=C)c2cc(C)cc3c4ccccc4c4cc(C)cc1c4c23.CC.Cc1ccc(-c2ccc(C)cc2C#Cc2ccccc2)c(C#Cc2ccccc2)c1. The molecule has 0 aromatic heterocycles. The monoisotopic (exact) mass is 744 g/mol. The first-order chi connectivity index (χ1) is 28.3. The van der Waals surface area contributed by atoms with E-state index in [4.69, 9.17) is 0 Å². The lowest BCUT2D eigenvalue weighted by molar-refractivity contribution is 1.42. The molecule has 0 fully saturated rings. The molecule has 9 aromatic rings. The summed E-state index contributed by atoms with van der Waals surface area (Å²) in [4.78, 5) is 0. The van der Waals surface area contributed by atoms with Crippen LogP contribution in [0.2, 0.25) is 0 Å². The van der Waals surface area contributed by atoms with E-state index in [1.807, 2.05) is 86.7 Å². The Bertz CT molecular complexity index is 2870. The van der Waals surface area contributed by atoms with Crippen molar-refractivity contribution < 1.29 is 0 Å². The Morgan fingerprint density at radius 1 is 0.362 bits per heavy atom. The summed E-state index contributed by atoms with van der Waals surface area (Å²) in [7, 11) is 0. The molecule has 0 heterocycles. The molecule has 0 bridgehead atoms. The van der Waals surface area contributed by atoms with E-state index in [2.05, 4.69) is 149 Å². The summed E-state index contributed by atoms with van der Waals surface area (Å²) < 4.78 is 0. The first-order valence-electron chi connectivity index (χ1n) is 20.1. The summed E-state index contributed by atoms with van der Waals surface area (Å²) in [6, 6.07) is 51.1. The van der Waals surface area contributed by atoms with Crippen molar-refractivity contribution in [2.45, 2.75) is 41.5 Å². The van der Waals surface area contributed by atoms with E-state index in [1.165, 1.54) is 76.5 Å². The summed E-state index contributed by atoms with van der Waals surface area (Å²) >= 11 is 0. The van der Waals surface area contributed by atoms with Crippen LogP contribution in [0.25, 0.3) is 66.4 Å². The molecule has 0 saturated carbocycles. The predicted molar refractivity (Wildman–Crippen MR) is 255 cm³/mol. The average molecular weight is 745 g/mol. The van der Waals surface area contributed by atoms with E-state index in [0.717, 1.165) is 33.4 Å². The van der Waals surface area contributed by atoms with Gasteiger partial charge in [0.25, 0.3) is 0 Å². The van der Waals surface area contributed by atoms with Gasteiger partial charge in [0.1, 0.15) is 0 Å². The molecular formula is C58H48. The van der Waals surface area contributed by atoms with Crippen molar-refractivity contribution in [3.63, 3.8) is 0 Å².